The van der Waals surface area contributed by atoms with E-state index in [9.17, 15) is 4.79 Å². The SMILES string of the molecule is CCN1CCC2(CC1)N=C(SCC(=O)Nc1cccc(OC)c1)C(c1ccc(Cl)cc1)=N2. The van der Waals surface area contributed by atoms with Gasteiger partial charge in [0.1, 0.15) is 10.8 Å². The molecule has 0 atom stereocenters. The Morgan fingerprint density at radius 3 is 2.62 bits per heavy atom. The van der Waals surface area contributed by atoms with Gasteiger partial charge in [-0.05, 0) is 30.8 Å². The highest BCUT2D eigenvalue weighted by molar-refractivity contribution is 8.16. The van der Waals surface area contributed by atoms with Gasteiger partial charge in [0.2, 0.25) is 5.91 Å². The molecule has 2 aliphatic heterocycles. The summed E-state index contributed by atoms with van der Waals surface area (Å²) in [6.07, 6.45) is 1.77. The summed E-state index contributed by atoms with van der Waals surface area (Å²) in [4.78, 5) is 25.2. The van der Waals surface area contributed by atoms with E-state index in [0.29, 0.717) is 16.5 Å². The summed E-state index contributed by atoms with van der Waals surface area (Å²) >= 11 is 7.52. The monoisotopic (exact) mass is 470 g/mol. The van der Waals surface area contributed by atoms with Gasteiger partial charge in [0, 0.05) is 48.3 Å². The number of nitrogens with zero attached hydrogens (tertiary/aromatic N) is 3. The molecule has 168 valence electrons. The predicted molar refractivity (Wildman–Crippen MR) is 134 cm³/mol. The molecule has 8 heteroatoms. The number of thioether (sulfide) groups is 1. The Morgan fingerprint density at radius 2 is 1.94 bits per heavy atom. The molecular weight excluding hydrogens is 444 g/mol. The van der Waals surface area contributed by atoms with Crippen LogP contribution in [0.25, 0.3) is 0 Å². The quantitative estimate of drug-likeness (QED) is 0.662. The Morgan fingerprint density at radius 1 is 1.19 bits per heavy atom. The van der Waals surface area contributed by atoms with Crippen LogP contribution < -0.4 is 10.1 Å². The second-order valence-corrected chi connectivity index (χ2v) is 9.27. The molecule has 32 heavy (non-hydrogen) atoms. The van der Waals surface area contributed by atoms with Crippen molar-refractivity contribution in [2.24, 2.45) is 9.98 Å². The number of carbonyl (C=O) groups is 1. The van der Waals surface area contributed by atoms with Gasteiger partial charge in [-0.2, -0.15) is 0 Å². The summed E-state index contributed by atoms with van der Waals surface area (Å²) in [7, 11) is 1.60. The van der Waals surface area contributed by atoms with E-state index in [-0.39, 0.29) is 11.7 Å². The minimum absolute atomic E-state index is 0.0943. The highest BCUT2D eigenvalue weighted by Gasteiger charge is 2.39. The van der Waals surface area contributed by atoms with Crippen LogP contribution >= 0.6 is 23.4 Å². The molecule has 1 amide bonds. The lowest BCUT2D eigenvalue weighted by Crippen LogP contribution is -2.41. The molecule has 0 saturated carbocycles. The van der Waals surface area contributed by atoms with Crippen LogP contribution in [-0.4, -0.2) is 59.7 Å². The Bertz CT molecular complexity index is 1030. The third kappa shape index (κ3) is 5.34. The molecule has 1 spiro atoms. The van der Waals surface area contributed by atoms with Crippen LogP contribution in [0.4, 0.5) is 5.69 Å². The van der Waals surface area contributed by atoms with Crippen LogP contribution in [-0.2, 0) is 4.79 Å². The fourth-order valence-electron chi connectivity index (χ4n) is 3.90. The Kier molecular flexibility index (Phi) is 7.18. The van der Waals surface area contributed by atoms with Crippen molar-refractivity contribution in [2.75, 3.05) is 37.8 Å². The van der Waals surface area contributed by atoms with Gasteiger partial charge in [-0.15, -0.1) is 0 Å². The van der Waals surface area contributed by atoms with E-state index in [2.05, 4.69) is 17.1 Å². The molecule has 1 fully saturated rings. The van der Waals surface area contributed by atoms with Crippen molar-refractivity contribution in [1.29, 1.82) is 0 Å². The first kappa shape index (κ1) is 22.8. The molecule has 2 aromatic carbocycles. The fourth-order valence-corrected chi connectivity index (χ4v) is 4.90. The highest BCUT2D eigenvalue weighted by atomic mass is 35.5. The molecule has 1 saturated heterocycles. The van der Waals surface area contributed by atoms with Gasteiger partial charge in [0.25, 0.3) is 0 Å². The second kappa shape index (κ2) is 10.1. The fraction of sp³-hybridized carbons (Fsp3) is 0.375. The zero-order chi connectivity index (χ0) is 22.6. The number of methoxy groups -OCH3 is 1. The molecule has 2 heterocycles. The van der Waals surface area contributed by atoms with E-state index >= 15 is 0 Å². The number of nitrogens with one attached hydrogen (secondary N) is 1. The zero-order valence-corrected chi connectivity index (χ0v) is 19.9. The van der Waals surface area contributed by atoms with E-state index in [0.717, 1.165) is 48.8 Å². The Labute approximate surface area is 198 Å². The summed E-state index contributed by atoms with van der Waals surface area (Å²) in [5.74, 6) is 0.858. The minimum atomic E-state index is -0.424. The van der Waals surface area contributed by atoms with E-state index in [1.165, 1.54) is 11.8 Å². The number of halogens is 1. The van der Waals surface area contributed by atoms with Crippen molar-refractivity contribution in [3.63, 3.8) is 0 Å². The zero-order valence-electron chi connectivity index (χ0n) is 18.3. The largest absolute Gasteiger partial charge is 0.497 e. The van der Waals surface area contributed by atoms with E-state index in [4.69, 9.17) is 26.3 Å². The van der Waals surface area contributed by atoms with Crippen molar-refractivity contribution in [3.05, 3.63) is 59.1 Å². The van der Waals surface area contributed by atoms with Gasteiger partial charge in [-0.1, -0.05) is 48.5 Å². The molecule has 0 radical (unpaired) electrons. The van der Waals surface area contributed by atoms with Crippen molar-refractivity contribution in [1.82, 2.24) is 4.90 Å². The van der Waals surface area contributed by atoms with Crippen LogP contribution in [0.3, 0.4) is 0 Å². The topological polar surface area (TPSA) is 66.3 Å². The van der Waals surface area contributed by atoms with Crippen LogP contribution in [0.15, 0.2) is 58.5 Å². The van der Waals surface area contributed by atoms with Crippen molar-refractivity contribution < 1.29 is 9.53 Å². The molecular formula is C24H27ClN4O2S. The molecule has 2 aromatic rings. The van der Waals surface area contributed by atoms with Crippen molar-refractivity contribution >= 4 is 45.7 Å². The number of piperidine rings is 1. The smallest absolute Gasteiger partial charge is 0.234 e. The molecule has 0 bridgehead atoms. The molecule has 1 N–H and O–H groups in total. The van der Waals surface area contributed by atoms with Gasteiger partial charge in [0.05, 0.1) is 18.6 Å². The van der Waals surface area contributed by atoms with Gasteiger partial charge in [-0.25, -0.2) is 4.99 Å². The molecule has 0 unspecified atom stereocenters. The highest BCUT2D eigenvalue weighted by Crippen LogP contribution is 2.35. The average molecular weight is 471 g/mol. The van der Waals surface area contributed by atoms with Crippen molar-refractivity contribution in [3.8, 4) is 5.75 Å². The lowest BCUT2D eigenvalue weighted by atomic mass is 9.98. The molecule has 0 aliphatic carbocycles. The number of likely N-dealkylation sites (tertiary alicyclic amines) is 1. The number of hydrogen-bond donors (Lipinski definition) is 1. The first-order valence-corrected chi connectivity index (χ1v) is 12.1. The number of carbonyl (C=O) groups excluding carboxylic acids is 1. The normalized spacial score (nSPS) is 17.7. The number of benzene rings is 2. The standard InChI is InChI=1S/C24H27ClN4O2S/c1-3-29-13-11-24(12-14-29)27-22(17-7-9-18(25)10-8-17)23(28-24)32-16-21(30)26-19-5-4-6-20(15-19)31-2/h4-10,15H,3,11-14,16H2,1-2H3,(H,26,30). The maximum atomic E-state index is 12.6. The lowest BCUT2D eigenvalue weighted by Gasteiger charge is -2.34. The van der Waals surface area contributed by atoms with Crippen LogP contribution in [0.2, 0.25) is 5.02 Å². The second-order valence-electron chi connectivity index (χ2n) is 7.87. The lowest BCUT2D eigenvalue weighted by molar-refractivity contribution is -0.113. The van der Waals surface area contributed by atoms with E-state index in [1.54, 1.807) is 13.2 Å². The molecule has 0 aromatic heterocycles. The number of hydrogen-bond acceptors (Lipinski definition) is 6. The predicted octanol–water partition coefficient (Wildman–Crippen LogP) is 4.73. The molecule has 2 aliphatic rings. The average Bonchev–Trinajstić information content (AvgIpc) is 3.17. The van der Waals surface area contributed by atoms with E-state index < -0.39 is 5.66 Å². The number of amides is 1. The van der Waals surface area contributed by atoms with Crippen LogP contribution in [0.5, 0.6) is 5.75 Å². The van der Waals surface area contributed by atoms with Crippen molar-refractivity contribution in [2.45, 2.75) is 25.4 Å². The van der Waals surface area contributed by atoms with Gasteiger partial charge < -0.3 is 15.0 Å². The number of anilines is 1. The summed E-state index contributed by atoms with van der Waals surface area (Å²) in [6.45, 7) is 5.18. The summed E-state index contributed by atoms with van der Waals surface area (Å²) in [5, 5.41) is 4.43. The summed E-state index contributed by atoms with van der Waals surface area (Å²) in [5.41, 5.74) is 2.11. The third-order valence-corrected chi connectivity index (χ3v) is 6.96. The van der Waals surface area contributed by atoms with Gasteiger partial charge in [0.15, 0.2) is 5.66 Å². The van der Waals surface area contributed by atoms with Crippen LogP contribution in [0, 0.1) is 0 Å². The number of rotatable bonds is 6. The first-order chi connectivity index (χ1) is 15.5. The third-order valence-electron chi connectivity index (χ3n) is 5.75. The van der Waals surface area contributed by atoms with E-state index in [1.807, 2.05) is 42.5 Å². The number of aliphatic imine (C=N–C) groups is 2. The first-order valence-electron chi connectivity index (χ1n) is 10.8. The maximum absolute atomic E-state index is 12.6. The maximum Gasteiger partial charge on any atom is 0.234 e. The Balaban J connectivity index is 1.49. The Hall–Kier alpha value is -2.35. The van der Waals surface area contributed by atoms with Gasteiger partial charge in [-0.3, -0.25) is 9.79 Å². The summed E-state index contributed by atoms with van der Waals surface area (Å²) < 4.78 is 5.22. The summed E-state index contributed by atoms with van der Waals surface area (Å²) in [6, 6.07) is 15.0. The molecule has 4 rings (SSSR count). The minimum Gasteiger partial charge on any atom is -0.497 e. The van der Waals surface area contributed by atoms with Crippen LogP contribution in [0.1, 0.15) is 25.3 Å². The van der Waals surface area contributed by atoms with Gasteiger partial charge >= 0.3 is 0 Å². The number of ether oxygens (including phenoxy) is 1. The molecule has 6 nitrogen and oxygen atoms in total.